The minimum atomic E-state index is -0.856. The van der Waals surface area contributed by atoms with Gasteiger partial charge in [-0.3, -0.25) is 34.7 Å². The molecule has 2 N–H and O–H groups in total. The van der Waals surface area contributed by atoms with Gasteiger partial charge in [-0.1, -0.05) is 0 Å². The summed E-state index contributed by atoms with van der Waals surface area (Å²) in [7, 11) is 0. The highest BCUT2D eigenvalue weighted by Gasteiger charge is 2.38. The van der Waals surface area contributed by atoms with Crippen LogP contribution in [0, 0.1) is 10.1 Å². The van der Waals surface area contributed by atoms with Gasteiger partial charge in [-0.05, 0) is 26.8 Å². The summed E-state index contributed by atoms with van der Waals surface area (Å²) in [4.78, 5) is 58.7. The van der Waals surface area contributed by atoms with Crippen LogP contribution in [0.25, 0.3) is 0 Å². The molecule has 0 fully saturated rings. The van der Waals surface area contributed by atoms with Gasteiger partial charge in [-0.2, -0.15) is 0 Å². The van der Waals surface area contributed by atoms with E-state index in [1.54, 1.807) is 20.8 Å². The van der Waals surface area contributed by atoms with Crippen molar-refractivity contribution in [3.8, 4) is 0 Å². The summed E-state index contributed by atoms with van der Waals surface area (Å²) in [5, 5.41) is 15.3. The molecule has 10 nitrogen and oxygen atoms in total. The van der Waals surface area contributed by atoms with Crippen LogP contribution in [0.3, 0.4) is 0 Å². The van der Waals surface area contributed by atoms with Crippen LogP contribution in [0.5, 0.6) is 0 Å². The Labute approximate surface area is 142 Å². The number of nitrogens with zero attached hydrogens (tertiary/aromatic N) is 2. The summed E-state index contributed by atoms with van der Waals surface area (Å²) in [6, 6.07) is 2.49. The maximum atomic E-state index is 12.2. The zero-order valence-electron chi connectivity index (χ0n) is 13.8. The van der Waals surface area contributed by atoms with Crippen molar-refractivity contribution in [2.45, 2.75) is 26.3 Å². The van der Waals surface area contributed by atoms with E-state index < -0.39 is 40.8 Å². The average Bonchev–Trinajstić information content (AvgIpc) is 2.69. The van der Waals surface area contributed by atoms with Gasteiger partial charge in [0.25, 0.3) is 17.5 Å². The second kappa shape index (κ2) is 6.30. The van der Waals surface area contributed by atoms with Gasteiger partial charge in [0.15, 0.2) is 0 Å². The van der Waals surface area contributed by atoms with E-state index in [2.05, 4.69) is 5.32 Å². The molecule has 1 aromatic carbocycles. The second-order valence-electron chi connectivity index (χ2n) is 6.44. The zero-order chi connectivity index (χ0) is 18.9. The number of nitro benzene ring substituents is 1. The van der Waals surface area contributed by atoms with E-state index in [4.69, 9.17) is 0 Å². The van der Waals surface area contributed by atoms with Gasteiger partial charge in [0.05, 0.1) is 16.1 Å². The van der Waals surface area contributed by atoms with Crippen molar-refractivity contribution in [1.29, 1.82) is 0 Å². The van der Waals surface area contributed by atoms with Gasteiger partial charge in [0.1, 0.15) is 6.54 Å². The van der Waals surface area contributed by atoms with Crippen LogP contribution in [0.1, 0.15) is 41.5 Å². The smallest absolute Gasteiger partial charge is 0.321 e. The molecule has 0 spiro atoms. The second-order valence-corrected chi connectivity index (χ2v) is 6.44. The number of non-ortho nitro benzene ring substituents is 1. The number of urea groups is 1. The van der Waals surface area contributed by atoms with E-state index in [-0.39, 0.29) is 16.8 Å². The molecule has 10 heteroatoms. The zero-order valence-corrected chi connectivity index (χ0v) is 13.8. The number of hydrogen-bond acceptors (Lipinski definition) is 6. The predicted octanol–water partition coefficient (Wildman–Crippen LogP) is 0.815. The number of carbonyl (C=O) groups is 4. The molecule has 1 aliphatic rings. The van der Waals surface area contributed by atoms with Crippen molar-refractivity contribution in [3.63, 3.8) is 0 Å². The number of benzene rings is 1. The van der Waals surface area contributed by atoms with Crippen LogP contribution in [-0.2, 0) is 4.79 Å². The lowest BCUT2D eigenvalue weighted by atomic mass is 10.1. The van der Waals surface area contributed by atoms with Crippen LogP contribution < -0.4 is 10.6 Å². The number of fused-ring (bicyclic) bond motifs is 1. The molecule has 0 radical (unpaired) electrons. The molecule has 0 atom stereocenters. The fourth-order valence-corrected chi connectivity index (χ4v) is 2.22. The third kappa shape index (κ3) is 3.97. The van der Waals surface area contributed by atoms with Gasteiger partial charge < -0.3 is 5.32 Å². The minimum Gasteiger partial charge on any atom is -0.333 e. The average molecular weight is 348 g/mol. The number of nitrogens with one attached hydrogen (secondary N) is 2. The first-order chi connectivity index (χ1) is 11.5. The van der Waals surface area contributed by atoms with Crippen molar-refractivity contribution < 1.29 is 24.1 Å². The largest absolute Gasteiger partial charge is 0.333 e. The normalized spacial score (nSPS) is 13.5. The first-order valence-corrected chi connectivity index (χ1v) is 7.26. The van der Waals surface area contributed by atoms with Gasteiger partial charge >= 0.3 is 6.03 Å². The van der Waals surface area contributed by atoms with E-state index in [1.165, 1.54) is 0 Å². The molecule has 1 aromatic rings. The monoisotopic (exact) mass is 348 g/mol. The van der Waals surface area contributed by atoms with Crippen molar-refractivity contribution in [1.82, 2.24) is 15.5 Å². The molecule has 0 unspecified atom stereocenters. The molecule has 0 bridgehead atoms. The van der Waals surface area contributed by atoms with Crippen molar-refractivity contribution in [2.24, 2.45) is 0 Å². The van der Waals surface area contributed by atoms with Crippen molar-refractivity contribution in [2.75, 3.05) is 6.54 Å². The molecule has 0 saturated carbocycles. The van der Waals surface area contributed by atoms with Crippen LogP contribution in [0.4, 0.5) is 10.5 Å². The number of nitro groups is 1. The summed E-state index contributed by atoms with van der Waals surface area (Å²) in [6.07, 6.45) is 0. The molecule has 132 valence electrons. The fraction of sp³-hybridized carbons (Fsp3) is 0.333. The SMILES string of the molecule is CC(C)(C)NC(=O)NC(=O)CN1C(=O)c2ccc([N+](=O)[O-])cc2C1=O. The van der Waals surface area contributed by atoms with E-state index in [1.807, 2.05) is 5.32 Å². The topological polar surface area (TPSA) is 139 Å². The lowest BCUT2D eigenvalue weighted by Gasteiger charge is -2.21. The molecular formula is C15H16N4O6. The number of amides is 5. The Kier molecular flexibility index (Phi) is 4.55. The lowest BCUT2D eigenvalue weighted by Crippen LogP contribution is -2.50. The van der Waals surface area contributed by atoms with Gasteiger partial charge in [-0.25, -0.2) is 4.79 Å². The quantitative estimate of drug-likeness (QED) is 0.471. The van der Waals surface area contributed by atoms with Crippen LogP contribution in [-0.4, -0.2) is 45.7 Å². The first-order valence-electron chi connectivity index (χ1n) is 7.26. The predicted molar refractivity (Wildman–Crippen MR) is 84.9 cm³/mol. The Balaban J connectivity index is 2.10. The fourth-order valence-electron chi connectivity index (χ4n) is 2.22. The van der Waals surface area contributed by atoms with Crippen molar-refractivity contribution >= 4 is 29.4 Å². The Bertz CT molecular complexity index is 796. The molecule has 25 heavy (non-hydrogen) atoms. The molecule has 0 saturated heterocycles. The highest BCUT2D eigenvalue weighted by atomic mass is 16.6. The Morgan fingerprint density at radius 1 is 1.16 bits per heavy atom. The van der Waals surface area contributed by atoms with Gasteiger partial charge in [0.2, 0.25) is 5.91 Å². The van der Waals surface area contributed by atoms with Gasteiger partial charge in [0, 0.05) is 17.7 Å². The summed E-state index contributed by atoms with van der Waals surface area (Å²) in [5.74, 6) is -2.43. The first kappa shape index (κ1) is 18.0. The van der Waals surface area contributed by atoms with E-state index in [0.717, 1.165) is 18.2 Å². The maximum absolute atomic E-state index is 12.2. The summed E-state index contributed by atoms with van der Waals surface area (Å²) in [6.45, 7) is 4.48. The van der Waals surface area contributed by atoms with E-state index in [9.17, 15) is 29.3 Å². The van der Waals surface area contributed by atoms with Gasteiger partial charge in [-0.15, -0.1) is 0 Å². The number of imide groups is 2. The molecule has 2 rings (SSSR count). The van der Waals surface area contributed by atoms with Crippen LogP contribution in [0.15, 0.2) is 18.2 Å². The third-order valence-electron chi connectivity index (χ3n) is 3.21. The summed E-state index contributed by atoms with van der Waals surface area (Å²) in [5.41, 5.74) is -1.08. The number of rotatable bonds is 3. The highest BCUT2D eigenvalue weighted by Crippen LogP contribution is 2.26. The third-order valence-corrected chi connectivity index (χ3v) is 3.21. The Morgan fingerprint density at radius 3 is 2.32 bits per heavy atom. The van der Waals surface area contributed by atoms with Crippen LogP contribution >= 0.6 is 0 Å². The molecule has 1 aliphatic heterocycles. The summed E-state index contributed by atoms with van der Waals surface area (Å²) >= 11 is 0. The molecule has 0 aromatic heterocycles. The molecule has 5 amide bonds. The minimum absolute atomic E-state index is 0.0254. The highest BCUT2D eigenvalue weighted by molar-refractivity contribution is 6.22. The van der Waals surface area contributed by atoms with E-state index in [0.29, 0.717) is 4.90 Å². The standard InChI is InChI=1S/C15H16N4O6/c1-15(2,3)17-14(23)16-11(20)7-18-12(21)9-5-4-8(19(24)25)6-10(9)13(18)22/h4-6H,7H2,1-3H3,(H2,16,17,20,23). The number of hydrogen-bond donors (Lipinski definition) is 2. The van der Waals surface area contributed by atoms with Crippen molar-refractivity contribution in [3.05, 3.63) is 39.4 Å². The maximum Gasteiger partial charge on any atom is 0.321 e. The molecule has 0 aliphatic carbocycles. The van der Waals surface area contributed by atoms with Crippen LogP contribution in [0.2, 0.25) is 0 Å². The summed E-state index contributed by atoms with van der Waals surface area (Å²) < 4.78 is 0. The Morgan fingerprint density at radius 2 is 1.76 bits per heavy atom. The molecule has 1 heterocycles. The van der Waals surface area contributed by atoms with E-state index >= 15 is 0 Å². The lowest BCUT2D eigenvalue weighted by molar-refractivity contribution is -0.384. The number of carbonyl (C=O) groups excluding carboxylic acids is 4. The molecular weight excluding hydrogens is 332 g/mol. The Hall–Kier alpha value is -3.30.